The number of hydrogen-bond acceptors (Lipinski definition) is 3. The van der Waals surface area contributed by atoms with Gasteiger partial charge in [0, 0.05) is 17.5 Å². The van der Waals surface area contributed by atoms with E-state index in [1.54, 1.807) is 6.07 Å². The maximum atomic E-state index is 13.9. The molecular weight excluding hydrogens is 367 g/mol. The Balaban J connectivity index is 1.93. The van der Waals surface area contributed by atoms with Gasteiger partial charge >= 0.3 is 0 Å². The van der Waals surface area contributed by atoms with E-state index in [2.05, 4.69) is 4.98 Å². The molecular formula is C17H10F3N3O2S. The van der Waals surface area contributed by atoms with Crippen LogP contribution in [0.5, 0.6) is 0 Å². The average Bonchev–Trinajstić information content (AvgIpc) is 3.09. The van der Waals surface area contributed by atoms with Crippen LogP contribution in [0.25, 0.3) is 11.3 Å². The van der Waals surface area contributed by atoms with Crippen LogP contribution < -0.4 is 4.72 Å². The van der Waals surface area contributed by atoms with Crippen molar-refractivity contribution in [3.8, 4) is 17.3 Å². The SMILES string of the molecule is N#Cc1ccc(NS(=O)(=O)c2c[nH]c(-c3cc(F)ccc3F)c2)c(F)c1. The number of nitrogens with zero attached hydrogens (tertiary/aromatic N) is 1. The van der Waals surface area contributed by atoms with Crippen molar-refractivity contribution in [2.24, 2.45) is 0 Å². The molecule has 0 unspecified atom stereocenters. The van der Waals surface area contributed by atoms with Crippen LogP contribution in [0.3, 0.4) is 0 Å². The second kappa shape index (κ2) is 6.57. The van der Waals surface area contributed by atoms with Crippen molar-refractivity contribution in [3.63, 3.8) is 0 Å². The Hall–Kier alpha value is -3.25. The fourth-order valence-corrected chi connectivity index (χ4v) is 3.32. The first kappa shape index (κ1) is 17.6. The Labute approximate surface area is 146 Å². The van der Waals surface area contributed by atoms with Gasteiger partial charge in [-0.3, -0.25) is 4.72 Å². The van der Waals surface area contributed by atoms with Crippen molar-refractivity contribution in [1.82, 2.24) is 4.98 Å². The number of nitriles is 1. The van der Waals surface area contributed by atoms with Crippen molar-refractivity contribution in [2.75, 3.05) is 4.72 Å². The van der Waals surface area contributed by atoms with Gasteiger partial charge < -0.3 is 4.98 Å². The lowest BCUT2D eigenvalue weighted by Gasteiger charge is -2.07. The predicted molar refractivity (Wildman–Crippen MR) is 88.1 cm³/mol. The lowest BCUT2D eigenvalue weighted by Crippen LogP contribution is -2.13. The van der Waals surface area contributed by atoms with E-state index in [9.17, 15) is 21.6 Å². The van der Waals surface area contributed by atoms with Crippen molar-refractivity contribution in [1.29, 1.82) is 5.26 Å². The quantitative estimate of drug-likeness (QED) is 0.726. The van der Waals surface area contributed by atoms with Gasteiger partial charge in [-0.05, 0) is 42.5 Å². The molecule has 0 amide bonds. The lowest BCUT2D eigenvalue weighted by molar-refractivity contribution is 0.598. The van der Waals surface area contributed by atoms with E-state index in [-0.39, 0.29) is 27.4 Å². The average molecular weight is 377 g/mol. The number of rotatable bonds is 4. The van der Waals surface area contributed by atoms with Crippen molar-refractivity contribution >= 4 is 15.7 Å². The van der Waals surface area contributed by atoms with E-state index in [1.165, 1.54) is 6.07 Å². The lowest BCUT2D eigenvalue weighted by atomic mass is 10.1. The zero-order valence-corrected chi connectivity index (χ0v) is 13.7. The van der Waals surface area contributed by atoms with Crippen LogP contribution in [0.2, 0.25) is 0 Å². The molecule has 0 aliphatic rings. The normalized spacial score (nSPS) is 11.2. The van der Waals surface area contributed by atoms with Crippen molar-refractivity contribution in [2.45, 2.75) is 4.90 Å². The topological polar surface area (TPSA) is 85.8 Å². The van der Waals surface area contributed by atoms with Crippen LogP contribution in [0.4, 0.5) is 18.9 Å². The van der Waals surface area contributed by atoms with Gasteiger partial charge in [0.1, 0.15) is 22.3 Å². The maximum absolute atomic E-state index is 13.9. The standard InChI is InChI=1S/C17H10F3N3O2S/c18-11-2-3-14(19)13(6-11)17-7-12(9-22-17)26(24,25)23-16-4-1-10(8-21)5-15(16)20/h1-7,9,22-23H. The van der Waals surface area contributed by atoms with Gasteiger partial charge in [0.25, 0.3) is 10.0 Å². The van der Waals surface area contributed by atoms with E-state index in [4.69, 9.17) is 5.26 Å². The highest BCUT2D eigenvalue weighted by atomic mass is 32.2. The van der Waals surface area contributed by atoms with Gasteiger partial charge in [0.2, 0.25) is 0 Å². The third-order valence-electron chi connectivity index (χ3n) is 3.53. The Morgan fingerprint density at radius 1 is 1.00 bits per heavy atom. The molecule has 132 valence electrons. The largest absolute Gasteiger partial charge is 0.360 e. The number of hydrogen-bond donors (Lipinski definition) is 2. The second-order valence-electron chi connectivity index (χ2n) is 5.29. The number of halogens is 3. The third kappa shape index (κ3) is 3.41. The summed E-state index contributed by atoms with van der Waals surface area (Å²) in [4.78, 5) is 2.26. The first-order valence-corrected chi connectivity index (χ1v) is 8.65. The first-order valence-electron chi connectivity index (χ1n) is 7.16. The molecule has 26 heavy (non-hydrogen) atoms. The summed E-state index contributed by atoms with van der Waals surface area (Å²) in [7, 11) is -4.19. The van der Waals surface area contributed by atoms with Gasteiger partial charge in [0.15, 0.2) is 0 Å². The number of benzene rings is 2. The summed E-state index contributed by atoms with van der Waals surface area (Å²) in [5, 5.41) is 8.70. The highest BCUT2D eigenvalue weighted by Gasteiger charge is 2.20. The number of aromatic nitrogens is 1. The van der Waals surface area contributed by atoms with Crippen LogP contribution in [0.15, 0.2) is 53.6 Å². The van der Waals surface area contributed by atoms with Gasteiger partial charge in [-0.2, -0.15) is 5.26 Å². The zero-order chi connectivity index (χ0) is 18.9. The Morgan fingerprint density at radius 2 is 1.77 bits per heavy atom. The zero-order valence-electron chi connectivity index (χ0n) is 12.9. The monoisotopic (exact) mass is 377 g/mol. The number of H-pyrrole nitrogens is 1. The van der Waals surface area contributed by atoms with Crippen LogP contribution in [-0.2, 0) is 10.0 Å². The maximum Gasteiger partial charge on any atom is 0.263 e. The van der Waals surface area contributed by atoms with Gasteiger partial charge in [0.05, 0.1) is 17.3 Å². The molecule has 2 aromatic carbocycles. The summed E-state index contributed by atoms with van der Waals surface area (Å²) < 4.78 is 67.8. The number of sulfonamides is 1. The molecule has 0 bridgehead atoms. The van der Waals surface area contributed by atoms with Gasteiger partial charge in [-0.15, -0.1) is 0 Å². The Morgan fingerprint density at radius 3 is 2.46 bits per heavy atom. The summed E-state index contributed by atoms with van der Waals surface area (Å²) in [5.41, 5.74) is -0.404. The molecule has 0 fully saturated rings. The van der Waals surface area contributed by atoms with Crippen molar-refractivity contribution in [3.05, 3.63) is 71.7 Å². The third-order valence-corrected chi connectivity index (χ3v) is 4.87. The van der Waals surface area contributed by atoms with E-state index >= 15 is 0 Å². The molecule has 9 heteroatoms. The fraction of sp³-hybridized carbons (Fsp3) is 0. The van der Waals surface area contributed by atoms with Crippen LogP contribution in [0.1, 0.15) is 5.56 Å². The van der Waals surface area contributed by atoms with Gasteiger partial charge in [-0.1, -0.05) is 0 Å². The minimum atomic E-state index is -4.19. The Bertz CT molecular complexity index is 1130. The summed E-state index contributed by atoms with van der Waals surface area (Å²) in [5.74, 6) is -2.33. The molecule has 5 nitrogen and oxygen atoms in total. The highest BCUT2D eigenvalue weighted by molar-refractivity contribution is 7.92. The summed E-state index contributed by atoms with van der Waals surface area (Å²) in [6.07, 6.45) is 1.07. The molecule has 2 N–H and O–H groups in total. The van der Waals surface area contributed by atoms with Crippen LogP contribution in [-0.4, -0.2) is 13.4 Å². The molecule has 0 saturated heterocycles. The molecule has 0 spiro atoms. The summed E-state index contributed by atoms with van der Waals surface area (Å²) >= 11 is 0. The molecule has 3 rings (SSSR count). The number of nitrogens with one attached hydrogen (secondary N) is 2. The molecule has 0 atom stereocenters. The predicted octanol–water partition coefficient (Wildman–Crippen LogP) is 3.77. The van der Waals surface area contributed by atoms with E-state index in [1.807, 2.05) is 4.72 Å². The molecule has 0 aliphatic carbocycles. The summed E-state index contributed by atoms with van der Waals surface area (Å²) in [6.45, 7) is 0. The van der Waals surface area contributed by atoms with Crippen LogP contribution in [0, 0.1) is 28.8 Å². The molecule has 1 aromatic heterocycles. The van der Waals surface area contributed by atoms with Crippen molar-refractivity contribution < 1.29 is 21.6 Å². The van der Waals surface area contributed by atoms with E-state index in [0.29, 0.717) is 0 Å². The minimum absolute atomic E-state index is 0.0379. The van der Waals surface area contributed by atoms with E-state index in [0.717, 1.165) is 42.6 Å². The highest BCUT2D eigenvalue weighted by Crippen LogP contribution is 2.26. The Kier molecular flexibility index (Phi) is 4.44. The number of anilines is 1. The molecule has 0 radical (unpaired) electrons. The molecule has 1 heterocycles. The van der Waals surface area contributed by atoms with Crippen LogP contribution >= 0.6 is 0 Å². The van der Waals surface area contributed by atoms with E-state index < -0.39 is 27.5 Å². The molecule has 0 aliphatic heterocycles. The summed E-state index contributed by atoms with van der Waals surface area (Å²) in [6, 6.07) is 8.88. The molecule has 0 saturated carbocycles. The minimum Gasteiger partial charge on any atom is -0.360 e. The smallest absolute Gasteiger partial charge is 0.263 e. The molecule has 3 aromatic rings. The first-order chi connectivity index (χ1) is 12.3. The number of aromatic amines is 1. The fourth-order valence-electron chi connectivity index (χ4n) is 2.26. The second-order valence-corrected chi connectivity index (χ2v) is 6.97. The van der Waals surface area contributed by atoms with Gasteiger partial charge in [-0.25, -0.2) is 21.6 Å².